The van der Waals surface area contributed by atoms with Gasteiger partial charge in [-0.05, 0) is 56.2 Å². The fourth-order valence-corrected chi connectivity index (χ4v) is 5.48. The lowest BCUT2D eigenvalue weighted by molar-refractivity contribution is 0.0531. The van der Waals surface area contributed by atoms with Crippen LogP contribution in [0.5, 0.6) is 5.75 Å². The number of thiazole rings is 1. The summed E-state index contributed by atoms with van der Waals surface area (Å²) < 4.78 is 16.9. The quantitative estimate of drug-likeness (QED) is 0.269. The summed E-state index contributed by atoms with van der Waals surface area (Å²) in [5.74, 6) is -0.516. The third-order valence-electron chi connectivity index (χ3n) is 5.93. The second-order valence-electron chi connectivity index (χ2n) is 8.44. The molecule has 2 aromatic carbocycles. The Morgan fingerprint density at radius 2 is 2.00 bits per heavy atom. The van der Waals surface area contributed by atoms with E-state index in [0.717, 1.165) is 17.8 Å². The first-order valence-electron chi connectivity index (χ1n) is 11.8. The Labute approximate surface area is 221 Å². The SMILES string of the molecule is CCCOc1cccc(C2c3c(oc4ccc(Cl)cc4c3=O)C(=O)N2c2nc(C)c(C(=O)OCC)s2)c1. The molecule has 1 amide bonds. The van der Waals surface area contributed by atoms with Gasteiger partial charge in [-0.25, -0.2) is 9.78 Å². The van der Waals surface area contributed by atoms with E-state index in [0.29, 0.717) is 28.6 Å². The highest BCUT2D eigenvalue weighted by Gasteiger charge is 2.45. The van der Waals surface area contributed by atoms with Crippen molar-refractivity contribution < 1.29 is 23.5 Å². The zero-order valence-corrected chi connectivity index (χ0v) is 21.9. The summed E-state index contributed by atoms with van der Waals surface area (Å²) in [5, 5.41) is 0.900. The molecule has 0 bridgehead atoms. The van der Waals surface area contributed by atoms with Gasteiger partial charge in [0.1, 0.15) is 16.2 Å². The highest BCUT2D eigenvalue weighted by atomic mass is 35.5. The van der Waals surface area contributed by atoms with Gasteiger partial charge in [0.15, 0.2) is 10.6 Å². The maximum absolute atomic E-state index is 13.8. The van der Waals surface area contributed by atoms with Crippen LogP contribution in [0.1, 0.15) is 63.4 Å². The first-order valence-corrected chi connectivity index (χ1v) is 13.0. The fraction of sp³-hybridized carbons (Fsp3) is 0.259. The lowest BCUT2D eigenvalue weighted by Gasteiger charge is -2.23. The topological polar surface area (TPSA) is 98.9 Å². The van der Waals surface area contributed by atoms with Crippen molar-refractivity contribution in [3.8, 4) is 5.75 Å². The number of benzene rings is 2. The van der Waals surface area contributed by atoms with Crippen LogP contribution in [0.3, 0.4) is 0 Å². The molecule has 0 radical (unpaired) electrons. The number of nitrogens with zero attached hydrogens (tertiary/aromatic N) is 2. The predicted molar refractivity (Wildman–Crippen MR) is 141 cm³/mol. The molecule has 0 saturated heterocycles. The van der Waals surface area contributed by atoms with Gasteiger partial charge in [-0.1, -0.05) is 42.0 Å². The van der Waals surface area contributed by atoms with E-state index in [1.54, 1.807) is 38.1 Å². The van der Waals surface area contributed by atoms with E-state index in [1.165, 1.54) is 11.0 Å². The molecule has 190 valence electrons. The summed E-state index contributed by atoms with van der Waals surface area (Å²) in [6.07, 6.45) is 0.826. The molecular formula is C27H23ClN2O6S. The van der Waals surface area contributed by atoms with Gasteiger partial charge in [0.05, 0.1) is 35.9 Å². The van der Waals surface area contributed by atoms with Crippen LogP contribution in [0, 0.1) is 6.92 Å². The Hall–Kier alpha value is -3.69. The minimum Gasteiger partial charge on any atom is -0.494 e. The Bertz CT molecular complexity index is 1590. The Balaban J connectivity index is 1.73. The second kappa shape index (κ2) is 9.99. The maximum Gasteiger partial charge on any atom is 0.350 e. The van der Waals surface area contributed by atoms with Crippen LogP contribution in [-0.4, -0.2) is 30.1 Å². The first kappa shape index (κ1) is 25.0. The summed E-state index contributed by atoms with van der Waals surface area (Å²) in [6, 6.07) is 11.1. The number of amides is 1. The van der Waals surface area contributed by atoms with Gasteiger partial charge in [-0.2, -0.15) is 0 Å². The number of ether oxygens (including phenoxy) is 2. The normalized spacial score (nSPS) is 14.8. The van der Waals surface area contributed by atoms with E-state index in [1.807, 2.05) is 19.1 Å². The zero-order valence-electron chi connectivity index (χ0n) is 20.4. The summed E-state index contributed by atoms with van der Waals surface area (Å²) in [6.45, 7) is 6.12. The van der Waals surface area contributed by atoms with Crippen LogP contribution >= 0.6 is 22.9 Å². The van der Waals surface area contributed by atoms with E-state index in [9.17, 15) is 14.4 Å². The summed E-state index contributed by atoms with van der Waals surface area (Å²) >= 11 is 7.20. The van der Waals surface area contributed by atoms with Crippen molar-refractivity contribution in [2.45, 2.75) is 33.2 Å². The summed E-state index contributed by atoms with van der Waals surface area (Å²) in [7, 11) is 0. The van der Waals surface area contributed by atoms with E-state index in [-0.39, 0.29) is 44.3 Å². The number of anilines is 1. The lowest BCUT2D eigenvalue weighted by atomic mass is 9.98. The van der Waals surface area contributed by atoms with Gasteiger partial charge < -0.3 is 13.9 Å². The van der Waals surface area contributed by atoms with Crippen LogP contribution in [0.15, 0.2) is 51.7 Å². The van der Waals surface area contributed by atoms with Crippen molar-refractivity contribution in [3.05, 3.63) is 85.2 Å². The minimum atomic E-state index is -0.854. The van der Waals surface area contributed by atoms with Crippen molar-refractivity contribution in [3.63, 3.8) is 0 Å². The number of rotatable bonds is 7. The highest BCUT2D eigenvalue weighted by molar-refractivity contribution is 7.17. The monoisotopic (exact) mass is 538 g/mol. The average molecular weight is 539 g/mol. The third kappa shape index (κ3) is 4.38. The van der Waals surface area contributed by atoms with Crippen LogP contribution in [0.2, 0.25) is 5.02 Å². The van der Waals surface area contributed by atoms with E-state index >= 15 is 0 Å². The van der Waals surface area contributed by atoms with Gasteiger partial charge in [-0.3, -0.25) is 14.5 Å². The van der Waals surface area contributed by atoms with E-state index in [4.69, 9.17) is 25.5 Å². The number of halogens is 1. The summed E-state index contributed by atoms with van der Waals surface area (Å²) in [4.78, 5) is 46.3. The molecule has 1 aliphatic rings. The third-order valence-corrected chi connectivity index (χ3v) is 7.30. The number of carbonyl (C=O) groups excluding carboxylic acids is 2. The molecule has 0 spiro atoms. The molecule has 2 aromatic heterocycles. The number of aromatic nitrogens is 1. The molecule has 0 saturated carbocycles. The van der Waals surface area contributed by atoms with Gasteiger partial charge >= 0.3 is 5.97 Å². The Kier molecular flexibility index (Phi) is 6.74. The van der Waals surface area contributed by atoms with Crippen molar-refractivity contribution in [2.24, 2.45) is 0 Å². The standard InChI is InChI=1S/C27H23ClN2O6S/c1-4-11-35-17-8-6-7-15(12-17)21-20-22(31)18-13-16(28)9-10-19(18)36-23(20)25(32)30(21)27-29-14(3)24(37-27)26(33)34-5-2/h6-10,12-13,21H,4-5,11H2,1-3H3. The van der Waals surface area contributed by atoms with Crippen molar-refractivity contribution in [1.29, 1.82) is 0 Å². The number of carbonyl (C=O) groups is 2. The minimum absolute atomic E-state index is 0.0739. The van der Waals surface area contributed by atoms with Gasteiger partial charge in [0.2, 0.25) is 5.76 Å². The molecule has 10 heteroatoms. The van der Waals surface area contributed by atoms with Crippen LogP contribution in [0.25, 0.3) is 11.0 Å². The van der Waals surface area contributed by atoms with Gasteiger partial charge in [0.25, 0.3) is 5.91 Å². The smallest absolute Gasteiger partial charge is 0.350 e. The summed E-state index contributed by atoms with van der Waals surface area (Å²) in [5.41, 5.74) is 1.14. The molecule has 1 aliphatic heterocycles. The molecule has 3 heterocycles. The molecule has 4 aromatic rings. The average Bonchev–Trinajstić information content (AvgIpc) is 3.41. The van der Waals surface area contributed by atoms with Gasteiger partial charge in [-0.15, -0.1) is 0 Å². The maximum atomic E-state index is 13.8. The number of hydrogen-bond donors (Lipinski definition) is 0. The van der Waals surface area contributed by atoms with Crippen molar-refractivity contribution >= 4 is 50.9 Å². The number of fused-ring (bicyclic) bond motifs is 2. The van der Waals surface area contributed by atoms with Crippen molar-refractivity contribution in [2.75, 3.05) is 18.1 Å². The molecule has 37 heavy (non-hydrogen) atoms. The molecule has 5 rings (SSSR count). The molecule has 0 fully saturated rings. The molecule has 8 nitrogen and oxygen atoms in total. The van der Waals surface area contributed by atoms with Crippen LogP contribution < -0.4 is 15.1 Å². The van der Waals surface area contributed by atoms with Gasteiger partial charge in [0, 0.05) is 5.02 Å². The van der Waals surface area contributed by atoms with Crippen molar-refractivity contribution in [1.82, 2.24) is 4.98 Å². The van der Waals surface area contributed by atoms with Crippen LogP contribution in [-0.2, 0) is 4.74 Å². The van der Waals surface area contributed by atoms with Crippen LogP contribution in [0.4, 0.5) is 5.13 Å². The molecule has 0 aliphatic carbocycles. The number of aryl methyl sites for hydroxylation is 1. The molecule has 1 unspecified atom stereocenters. The molecule has 0 N–H and O–H groups in total. The largest absolute Gasteiger partial charge is 0.494 e. The zero-order chi connectivity index (χ0) is 26.3. The Morgan fingerprint density at radius 3 is 2.76 bits per heavy atom. The number of hydrogen-bond acceptors (Lipinski definition) is 8. The predicted octanol–water partition coefficient (Wildman–Crippen LogP) is 5.93. The first-order chi connectivity index (χ1) is 17.8. The lowest BCUT2D eigenvalue weighted by Crippen LogP contribution is -2.29. The molecule has 1 atom stereocenters. The van der Waals surface area contributed by atoms with E-state index in [2.05, 4.69) is 4.98 Å². The van der Waals surface area contributed by atoms with E-state index < -0.39 is 17.9 Å². The fourth-order valence-electron chi connectivity index (χ4n) is 4.32. The highest BCUT2D eigenvalue weighted by Crippen LogP contribution is 2.43. The molecular weight excluding hydrogens is 516 g/mol. The number of esters is 1. The Morgan fingerprint density at radius 1 is 1.19 bits per heavy atom. The second-order valence-corrected chi connectivity index (χ2v) is 9.86.